The van der Waals surface area contributed by atoms with E-state index in [2.05, 4.69) is 24.2 Å². The Labute approximate surface area is 147 Å². The summed E-state index contributed by atoms with van der Waals surface area (Å²) in [5.74, 6) is -0.0956. The van der Waals surface area contributed by atoms with Gasteiger partial charge >= 0.3 is 0 Å². The molecule has 0 aromatic heterocycles. The van der Waals surface area contributed by atoms with Crippen LogP contribution in [0.25, 0.3) is 0 Å². The summed E-state index contributed by atoms with van der Waals surface area (Å²) < 4.78 is 0. The SMILES string of the molecule is CCCCCCCCCCN(C)c1cc(CO)cc(NC(C)=O)c1. The zero-order chi connectivity index (χ0) is 17.8. The van der Waals surface area contributed by atoms with Crippen LogP contribution in [0.3, 0.4) is 0 Å². The van der Waals surface area contributed by atoms with Crippen LogP contribution in [0.15, 0.2) is 18.2 Å². The number of aliphatic hydroxyl groups excluding tert-OH is 1. The lowest BCUT2D eigenvalue weighted by molar-refractivity contribution is -0.114. The predicted molar refractivity (Wildman–Crippen MR) is 103 cm³/mol. The molecule has 0 saturated heterocycles. The normalized spacial score (nSPS) is 10.7. The zero-order valence-corrected chi connectivity index (χ0v) is 15.6. The first-order chi connectivity index (χ1) is 11.6. The number of hydrogen-bond acceptors (Lipinski definition) is 3. The number of rotatable bonds is 12. The fourth-order valence-electron chi connectivity index (χ4n) is 2.87. The average Bonchev–Trinajstić information content (AvgIpc) is 2.56. The van der Waals surface area contributed by atoms with Crippen molar-refractivity contribution in [3.05, 3.63) is 23.8 Å². The Morgan fingerprint density at radius 2 is 1.67 bits per heavy atom. The summed E-state index contributed by atoms with van der Waals surface area (Å²) >= 11 is 0. The van der Waals surface area contributed by atoms with Gasteiger partial charge < -0.3 is 15.3 Å². The highest BCUT2D eigenvalue weighted by atomic mass is 16.3. The molecule has 0 fully saturated rings. The third kappa shape index (κ3) is 8.34. The van der Waals surface area contributed by atoms with Gasteiger partial charge in [-0.15, -0.1) is 0 Å². The second-order valence-corrected chi connectivity index (χ2v) is 6.62. The molecule has 0 bridgehead atoms. The molecular formula is C20H34N2O2. The largest absolute Gasteiger partial charge is 0.392 e. The molecule has 0 saturated carbocycles. The molecule has 24 heavy (non-hydrogen) atoms. The van der Waals surface area contributed by atoms with Crippen molar-refractivity contribution >= 4 is 17.3 Å². The van der Waals surface area contributed by atoms with Gasteiger partial charge in [-0.3, -0.25) is 4.79 Å². The van der Waals surface area contributed by atoms with Gasteiger partial charge in [0.2, 0.25) is 5.91 Å². The maximum Gasteiger partial charge on any atom is 0.221 e. The van der Waals surface area contributed by atoms with Crippen LogP contribution in [-0.4, -0.2) is 24.6 Å². The number of amides is 1. The quantitative estimate of drug-likeness (QED) is 0.544. The van der Waals surface area contributed by atoms with Crippen LogP contribution in [-0.2, 0) is 11.4 Å². The molecule has 2 N–H and O–H groups in total. The third-order valence-corrected chi connectivity index (χ3v) is 4.27. The van der Waals surface area contributed by atoms with Gasteiger partial charge in [-0.2, -0.15) is 0 Å². The van der Waals surface area contributed by atoms with Crippen LogP contribution in [0.5, 0.6) is 0 Å². The first kappa shape index (κ1) is 20.5. The lowest BCUT2D eigenvalue weighted by Crippen LogP contribution is -2.19. The lowest BCUT2D eigenvalue weighted by Gasteiger charge is -2.21. The number of unbranched alkanes of at least 4 members (excludes halogenated alkanes) is 7. The Morgan fingerprint density at radius 3 is 2.25 bits per heavy atom. The second kappa shape index (κ2) is 11.9. The van der Waals surface area contributed by atoms with Gasteiger partial charge in [0.15, 0.2) is 0 Å². The van der Waals surface area contributed by atoms with Crippen LogP contribution in [0.2, 0.25) is 0 Å². The van der Waals surface area contributed by atoms with Crippen molar-refractivity contribution in [3.8, 4) is 0 Å². The van der Waals surface area contributed by atoms with E-state index in [0.717, 1.165) is 23.5 Å². The summed E-state index contributed by atoms with van der Waals surface area (Å²) in [6.07, 6.45) is 10.5. The minimum atomic E-state index is -0.0956. The molecule has 0 atom stereocenters. The van der Waals surface area contributed by atoms with Crippen LogP contribution in [0.4, 0.5) is 11.4 Å². The van der Waals surface area contributed by atoms with Gasteiger partial charge in [0, 0.05) is 31.9 Å². The summed E-state index contributed by atoms with van der Waals surface area (Å²) in [5, 5.41) is 12.2. The highest BCUT2D eigenvalue weighted by Gasteiger charge is 2.06. The number of carbonyl (C=O) groups excluding carboxylic acids is 1. The van der Waals surface area contributed by atoms with Gasteiger partial charge in [-0.25, -0.2) is 0 Å². The van der Waals surface area contributed by atoms with E-state index in [-0.39, 0.29) is 12.5 Å². The maximum atomic E-state index is 11.2. The summed E-state index contributed by atoms with van der Waals surface area (Å²) in [4.78, 5) is 13.4. The Hall–Kier alpha value is -1.55. The molecule has 0 spiro atoms. The van der Waals surface area contributed by atoms with E-state index in [1.54, 1.807) is 0 Å². The van der Waals surface area contributed by atoms with Gasteiger partial charge in [-0.1, -0.05) is 51.9 Å². The van der Waals surface area contributed by atoms with Crippen molar-refractivity contribution in [2.75, 3.05) is 23.8 Å². The Morgan fingerprint density at radius 1 is 1.04 bits per heavy atom. The summed E-state index contributed by atoms with van der Waals surface area (Å²) in [6, 6.07) is 5.76. The number of anilines is 2. The number of hydrogen-bond donors (Lipinski definition) is 2. The van der Waals surface area contributed by atoms with E-state index >= 15 is 0 Å². The number of benzene rings is 1. The molecule has 136 valence electrons. The minimum Gasteiger partial charge on any atom is -0.392 e. The number of nitrogens with one attached hydrogen (secondary N) is 1. The zero-order valence-electron chi connectivity index (χ0n) is 15.6. The van der Waals surface area contributed by atoms with Crippen molar-refractivity contribution in [2.24, 2.45) is 0 Å². The summed E-state index contributed by atoms with van der Waals surface area (Å²) in [5.41, 5.74) is 2.60. The maximum absolute atomic E-state index is 11.2. The van der Waals surface area contributed by atoms with Crippen LogP contribution >= 0.6 is 0 Å². The minimum absolute atomic E-state index is 0.0218. The molecule has 1 rings (SSSR count). The fourth-order valence-corrected chi connectivity index (χ4v) is 2.87. The Bertz CT molecular complexity index is 489. The fraction of sp³-hybridized carbons (Fsp3) is 0.650. The molecule has 0 aliphatic carbocycles. The van der Waals surface area contributed by atoms with E-state index in [1.807, 2.05) is 18.2 Å². The van der Waals surface area contributed by atoms with Gasteiger partial charge in [0.05, 0.1) is 6.61 Å². The van der Waals surface area contributed by atoms with E-state index in [4.69, 9.17) is 0 Å². The molecule has 0 aliphatic heterocycles. The predicted octanol–water partition coefficient (Wildman–Crippen LogP) is 4.71. The Balaban J connectivity index is 2.40. The van der Waals surface area contributed by atoms with Crippen LogP contribution in [0, 0.1) is 0 Å². The third-order valence-electron chi connectivity index (χ3n) is 4.27. The van der Waals surface area contributed by atoms with Crippen LogP contribution in [0.1, 0.15) is 70.8 Å². The second-order valence-electron chi connectivity index (χ2n) is 6.62. The van der Waals surface area contributed by atoms with Crippen LogP contribution < -0.4 is 10.2 Å². The van der Waals surface area contributed by atoms with Gasteiger partial charge in [0.1, 0.15) is 0 Å². The molecule has 1 amide bonds. The van der Waals surface area contributed by atoms with Crippen molar-refractivity contribution < 1.29 is 9.90 Å². The van der Waals surface area contributed by atoms with E-state index < -0.39 is 0 Å². The first-order valence-electron chi connectivity index (χ1n) is 9.30. The molecule has 4 nitrogen and oxygen atoms in total. The highest BCUT2D eigenvalue weighted by molar-refractivity contribution is 5.89. The topological polar surface area (TPSA) is 52.6 Å². The van der Waals surface area contributed by atoms with Crippen molar-refractivity contribution in [1.29, 1.82) is 0 Å². The molecule has 1 aromatic carbocycles. The highest BCUT2D eigenvalue weighted by Crippen LogP contribution is 2.22. The molecule has 0 heterocycles. The summed E-state index contributed by atoms with van der Waals surface area (Å²) in [6.45, 7) is 4.71. The smallest absolute Gasteiger partial charge is 0.221 e. The molecular weight excluding hydrogens is 300 g/mol. The van der Waals surface area contributed by atoms with Gasteiger partial charge in [-0.05, 0) is 30.2 Å². The monoisotopic (exact) mass is 334 g/mol. The number of nitrogens with zero attached hydrogens (tertiary/aromatic N) is 1. The summed E-state index contributed by atoms with van der Waals surface area (Å²) in [7, 11) is 2.06. The van der Waals surface area contributed by atoms with Gasteiger partial charge in [0.25, 0.3) is 0 Å². The molecule has 0 unspecified atom stereocenters. The van der Waals surface area contributed by atoms with Crippen molar-refractivity contribution in [2.45, 2.75) is 71.8 Å². The molecule has 1 aromatic rings. The van der Waals surface area contributed by atoms with Crippen molar-refractivity contribution in [1.82, 2.24) is 0 Å². The van der Waals surface area contributed by atoms with E-state index in [9.17, 15) is 9.90 Å². The molecule has 4 heteroatoms. The molecule has 0 radical (unpaired) electrons. The first-order valence-corrected chi connectivity index (χ1v) is 9.30. The van der Waals surface area contributed by atoms with E-state index in [1.165, 1.54) is 58.3 Å². The number of aliphatic hydroxyl groups is 1. The Kier molecular flexibility index (Phi) is 10.2. The standard InChI is InChI=1S/C20H34N2O2/c1-4-5-6-7-8-9-10-11-12-22(3)20-14-18(16-23)13-19(15-20)21-17(2)24/h13-15,23H,4-12,16H2,1-3H3,(H,21,24). The average molecular weight is 335 g/mol. The van der Waals surface area contributed by atoms with E-state index in [0.29, 0.717) is 0 Å². The molecule has 0 aliphatic rings. The lowest BCUT2D eigenvalue weighted by atomic mass is 10.1. The number of carbonyl (C=O) groups is 1. The van der Waals surface area contributed by atoms with Crippen molar-refractivity contribution in [3.63, 3.8) is 0 Å².